The number of nitrogens with zero attached hydrogens (tertiary/aromatic N) is 2. The summed E-state index contributed by atoms with van der Waals surface area (Å²) in [6.45, 7) is 4.72. The molecule has 2 aliphatic heterocycles. The van der Waals surface area contributed by atoms with Crippen LogP contribution in [0.15, 0.2) is 42.5 Å². The maximum absolute atomic E-state index is 13.4. The standard InChI is InChI=1S/C25H24F3N3O6/c1-13-11-30(12-14(2)37-13)15-7-8-19(18(9-15)24(35)36)29-21(32)20(10-25(26,27)28)31-22(33)16-5-3-4-6-17(16)23(31)34/h3-9,13-14,20H,10-12H2,1-2H3,(H,29,32)(H,35,36)/t13-,14?,20-/m0/s1. The van der Waals surface area contributed by atoms with Gasteiger partial charge in [-0.2, -0.15) is 13.2 Å². The molecule has 0 spiro atoms. The number of carboxylic acid groups (broad SMARTS) is 1. The van der Waals surface area contributed by atoms with E-state index >= 15 is 0 Å². The Morgan fingerprint density at radius 2 is 1.62 bits per heavy atom. The highest BCUT2D eigenvalue weighted by Crippen LogP contribution is 2.32. The van der Waals surface area contributed by atoms with Crippen molar-refractivity contribution in [3.05, 3.63) is 59.2 Å². The predicted molar refractivity (Wildman–Crippen MR) is 126 cm³/mol. The van der Waals surface area contributed by atoms with E-state index in [-0.39, 0.29) is 39.5 Å². The van der Waals surface area contributed by atoms with Crippen LogP contribution in [0.25, 0.3) is 0 Å². The van der Waals surface area contributed by atoms with Crippen molar-refractivity contribution >= 4 is 35.1 Å². The van der Waals surface area contributed by atoms with Gasteiger partial charge in [-0.15, -0.1) is 0 Å². The Morgan fingerprint density at radius 1 is 1.05 bits per heavy atom. The third-order valence-electron chi connectivity index (χ3n) is 6.14. The number of imide groups is 1. The number of morpholine rings is 1. The number of alkyl halides is 3. The Bertz CT molecular complexity index is 1220. The quantitative estimate of drug-likeness (QED) is 0.561. The SMILES string of the molecule is CC1CN(c2ccc(NC(=O)[C@H](CC(F)(F)F)N3C(=O)c4ccccc4C3=O)c(C(=O)O)c2)C[C@H](C)O1. The van der Waals surface area contributed by atoms with E-state index in [1.54, 1.807) is 0 Å². The van der Waals surface area contributed by atoms with E-state index in [0.29, 0.717) is 18.8 Å². The predicted octanol–water partition coefficient (Wildman–Crippen LogP) is 3.55. The van der Waals surface area contributed by atoms with E-state index in [4.69, 9.17) is 4.74 Å². The third kappa shape index (κ3) is 5.43. The topological polar surface area (TPSA) is 116 Å². The van der Waals surface area contributed by atoms with Gasteiger partial charge in [0.25, 0.3) is 11.8 Å². The molecule has 0 aromatic heterocycles. The van der Waals surface area contributed by atoms with Crippen LogP contribution in [-0.2, 0) is 9.53 Å². The van der Waals surface area contributed by atoms with Crippen molar-refractivity contribution in [2.75, 3.05) is 23.3 Å². The maximum atomic E-state index is 13.4. The zero-order valence-corrected chi connectivity index (χ0v) is 19.9. The van der Waals surface area contributed by atoms with Gasteiger partial charge in [0, 0.05) is 18.8 Å². The van der Waals surface area contributed by atoms with Crippen molar-refractivity contribution in [1.29, 1.82) is 0 Å². The van der Waals surface area contributed by atoms with E-state index < -0.39 is 42.3 Å². The van der Waals surface area contributed by atoms with Crippen LogP contribution >= 0.6 is 0 Å². The lowest BCUT2D eigenvalue weighted by Gasteiger charge is -2.37. The Kier molecular flexibility index (Phi) is 6.96. The summed E-state index contributed by atoms with van der Waals surface area (Å²) in [5, 5.41) is 11.9. The molecule has 3 amide bonds. The van der Waals surface area contributed by atoms with Crippen molar-refractivity contribution in [3.8, 4) is 0 Å². The van der Waals surface area contributed by atoms with E-state index in [1.807, 2.05) is 18.7 Å². The monoisotopic (exact) mass is 519 g/mol. The molecule has 9 nitrogen and oxygen atoms in total. The fourth-order valence-electron chi connectivity index (χ4n) is 4.63. The number of fused-ring (bicyclic) bond motifs is 1. The van der Waals surface area contributed by atoms with Gasteiger partial charge in [-0.05, 0) is 44.2 Å². The Hall–Kier alpha value is -3.93. The lowest BCUT2D eigenvalue weighted by Crippen LogP contribution is -2.49. The second-order valence-electron chi connectivity index (χ2n) is 9.05. The first kappa shape index (κ1) is 26.1. The smallest absolute Gasteiger partial charge is 0.391 e. The van der Waals surface area contributed by atoms with Gasteiger partial charge in [0.2, 0.25) is 5.91 Å². The number of hydrogen-bond donors (Lipinski definition) is 2. The van der Waals surface area contributed by atoms with Gasteiger partial charge >= 0.3 is 12.1 Å². The Balaban J connectivity index is 1.64. The summed E-state index contributed by atoms with van der Waals surface area (Å²) in [7, 11) is 0. The van der Waals surface area contributed by atoms with Gasteiger partial charge in [0.1, 0.15) is 6.04 Å². The number of anilines is 2. The lowest BCUT2D eigenvalue weighted by molar-refractivity contribution is -0.151. The van der Waals surface area contributed by atoms with Crippen molar-refractivity contribution in [1.82, 2.24) is 4.90 Å². The molecule has 1 unspecified atom stereocenters. The molecular weight excluding hydrogens is 495 g/mol. The molecule has 1 fully saturated rings. The first-order valence-corrected chi connectivity index (χ1v) is 11.5. The highest BCUT2D eigenvalue weighted by Gasteiger charge is 2.47. The third-order valence-corrected chi connectivity index (χ3v) is 6.14. The summed E-state index contributed by atoms with van der Waals surface area (Å²) >= 11 is 0. The van der Waals surface area contributed by atoms with Crippen LogP contribution in [0.2, 0.25) is 0 Å². The van der Waals surface area contributed by atoms with Crippen LogP contribution in [-0.4, -0.2) is 71.2 Å². The highest BCUT2D eigenvalue weighted by atomic mass is 19.4. The summed E-state index contributed by atoms with van der Waals surface area (Å²) in [4.78, 5) is 52.8. The average Bonchev–Trinajstić information content (AvgIpc) is 3.06. The van der Waals surface area contributed by atoms with Crippen LogP contribution in [0.4, 0.5) is 24.5 Å². The van der Waals surface area contributed by atoms with Crippen molar-refractivity contribution in [2.24, 2.45) is 0 Å². The van der Waals surface area contributed by atoms with Gasteiger partial charge in [0.15, 0.2) is 0 Å². The molecule has 3 atom stereocenters. The van der Waals surface area contributed by atoms with Gasteiger partial charge in [0.05, 0.1) is 41.0 Å². The van der Waals surface area contributed by atoms with Crippen molar-refractivity contribution in [2.45, 2.75) is 44.7 Å². The molecule has 2 heterocycles. The number of carboxylic acids is 1. The van der Waals surface area contributed by atoms with Crippen LogP contribution in [0.5, 0.6) is 0 Å². The minimum atomic E-state index is -4.90. The molecule has 4 rings (SSSR count). The number of benzene rings is 2. The van der Waals surface area contributed by atoms with Crippen LogP contribution < -0.4 is 10.2 Å². The number of hydrogen-bond acceptors (Lipinski definition) is 6. The molecule has 0 bridgehead atoms. The molecule has 196 valence electrons. The van der Waals surface area contributed by atoms with Crippen LogP contribution in [0.1, 0.15) is 51.3 Å². The highest BCUT2D eigenvalue weighted by molar-refractivity contribution is 6.23. The van der Waals surface area contributed by atoms with Gasteiger partial charge in [-0.1, -0.05) is 12.1 Å². The van der Waals surface area contributed by atoms with Crippen molar-refractivity contribution < 1.29 is 42.2 Å². The second kappa shape index (κ2) is 9.85. The number of nitrogens with one attached hydrogen (secondary N) is 1. The number of aromatic carboxylic acids is 1. The van der Waals surface area contributed by atoms with Crippen LogP contribution in [0.3, 0.4) is 0 Å². The van der Waals surface area contributed by atoms with E-state index in [2.05, 4.69) is 5.32 Å². The zero-order valence-electron chi connectivity index (χ0n) is 19.9. The van der Waals surface area contributed by atoms with E-state index in [9.17, 15) is 37.5 Å². The lowest BCUT2D eigenvalue weighted by atomic mass is 10.1. The largest absolute Gasteiger partial charge is 0.478 e. The summed E-state index contributed by atoms with van der Waals surface area (Å²) in [6.07, 6.45) is -6.92. The number of ether oxygens (including phenoxy) is 1. The van der Waals surface area contributed by atoms with E-state index in [0.717, 1.165) is 0 Å². The molecule has 0 saturated carbocycles. The minimum absolute atomic E-state index is 0.112. The molecule has 12 heteroatoms. The first-order valence-electron chi connectivity index (χ1n) is 11.5. The molecule has 2 aliphatic rings. The van der Waals surface area contributed by atoms with Gasteiger partial charge in [-0.3, -0.25) is 19.3 Å². The second-order valence-corrected chi connectivity index (χ2v) is 9.05. The minimum Gasteiger partial charge on any atom is -0.478 e. The molecule has 2 aromatic rings. The van der Waals surface area contributed by atoms with E-state index in [1.165, 1.54) is 42.5 Å². The molecule has 2 aromatic carbocycles. The van der Waals surface area contributed by atoms with Crippen LogP contribution in [0, 0.1) is 0 Å². The summed E-state index contributed by atoms with van der Waals surface area (Å²) in [5.74, 6) is -4.82. The number of carbonyl (C=O) groups excluding carboxylic acids is 3. The molecule has 0 aliphatic carbocycles. The number of rotatable bonds is 6. The van der Waals surface area contributed by atoms with Crippen molar-refractivity contribution in [3.63, 3.8) is 0 Å². The average molecular weight is 519 g/mol. The number of carbonyl (C=O) groups is 4. The Morgan fingerprint density at radius 3 is 2.14 bits per heavy atom. The normalized spacial score (nSPS) is 20.6. The van der Waals surface area contributed by atoms with Gasteiger partial charge < -0.3 is 20.1 Å². The molecule has 0 radical (unpaired) electrons. The Labute approximate surface area is 209 Å². The molecule has 1 saturated heterocycles. The summed E-state index contributed by atoms with van der Waals surface area (Å²) < 4.78 is 46.0. The summed E-state index contributed by atoms with van der Waals surface area (Å²) in [6, 6.07) is 7.34. The number of halogens is 3. The summed E-state index contributed by atoms with van der Waals surface area (Å²) in [5.41, 5.74) is -0.316. The molecular formula is C25H24F3N3O6. The fraction of sp³-hybridized carbons (Fsp3) is 0.360. The maximum Gasteiger partial charge on any atom is 0.391 e. The molecule has 37 heavy (non-hydrogen) atoms. The molecule has 2 N–H and O–H groups in total. The van der Waals surface area contributed by atoms with Gasteiger partial charge in [-0.25, -0.2) is 4.79 Å². The number of amides is 3. The fourth-order valence-corrected chi connectivity index (χ4v) is 4.63. The first-order chi connectivity index (χ1) is 17.4. The zero-order chi connectivity index (χ0) is 27.1.